The van der Waals surface area contributed by atoms with Crippen LogP contribution in [0.4, 0.5) is 0 Å². The number of phosphoric acid groups is 1. The van der Waals surface area contributed by atoms with Crippen LogP contribution in [0.15, 0.2) is 41.7 Å². The van der Waals surface area contributed by atoms with Crippen molar-refractivity contribution in [2.75, 3.05) is 19.8 Å². The Morgan fingerprint density at radius 2 is 1.93 bits per heavy atom. The summed E-state index contributed by atoms with van der Waals surface area (Å²) in [5.74, 6) is 0.338. The molecule has 6 nitrogen and oxygen atoms in total. The largest absolute Gasteiger partial charge is 0.529 e. The van der Waals surface area contributed by atoms with Crippen molar-refractivity contribution in [3.63, 3.8) is 0 Å². The molecule has 1 aromatic rings. The number of allylic oxidation sites excluding steroid dienone is 3. The quantitative estimate of drug-likeness (QED) is 0.333. The maximum atomic E-state index is 13.2. The lowest BCUT2D eigenvalue weighted by Gasteiger charge is -2.36. The second-order valence-corrected chi connectivity index (χ2v) is 9.30. The van der Waals surface area contributed by atoms with E-state index < -0.39 is 7.82 Å². The summed E-state index contributed by atoms with van der Waals surface area (Å²) in [5.41, 5.74) is 3.64. The number of rotatable bonds is 11. The maximum absolute atomic E-state index is 13.2. The lowest BCUT2D eigenvalue weighted by Crippen LogP contribution is -2.23. The van der Waals surface area contributed by atoms with Crippen LogP contribution >= 0.6 is 7.82 Å². The first kappa shape index (κ1) is 24.7. The fraction of sp³-hybridized carbons (Fsp3) is 0.565. The third-order valence-electron chi connectivity index (χ3n) is 5.40. The molecule has 0 unspecified atom stereocenters. The van der Waals surface area contributed by atoms with Gasteiger partial charge in [0.1, 0.15) is 11.5 Å². The Morgan fingerprint density at radius 3 is 2.50 bits per heavy atom. The molecule has 2 rings (SSSR count). The summed E-state index contributed by atoms with van der Waals surface area (Å²) < 4.78 is 29.9. The number of hydrogen-bond donors (Lipinski definition) is 2. The third kappa shape index (κ3) is 5.98. The van der Waals surface area contributed by atoms with Gasteiger partial charge in [0.15, 0.2) is 0 Å². The first-order chi connectivity index (χ1) is 14.3. The van der Waals surface area contributed by atoms with Crippen molar-refractivity contribution >= 4 is 7.82 Å². The normalized spacial score (nSPS) is 19.8. The van der Waals surface area contributed by atoms with Gasteiger partial charge in [-0.15, -0.1) is 0 Å². The second kappa shape index (κ2) is 11.1. The van der Waals surface area contributed by atoms with Crippen molar-refractivity contribution in [3.05, 3.63) is 52.8 Å². The Bertz CT molecular complexity index is 806. The first-order valence-electron chi connectivity index (χ1n) is 10.6. The topological polar surface area (TPSA) is 85.2 Å². The molecule has 1 aliphatic carbocycles. The fourth-order valence-corrected chi connectivity index (χ4v) is 5.27. The molecule has 2 atom stereocenters. The summed E-state index contributed by atoms with van der Waals surface area (Å²) in [5, 5.41) is 19.9. The Morgan fingerprint density at radius 1 is 1.27 bits per heavy atom. The van der Waals surface area contributed by atoms with Crippen LogP contribution in [0.2, 0.25) is 0 Å². The standard InChI is InChI=1S/C23H35O6P/c1-6-27-30(26,28-7-2)29-23-17(5)10-12-19(16(3)4)22(23)20-15-18(9-8-14-24)11-13-21(20)25/h11,13,15,19,22,24-25H,3,6-10,12,14H2,1-2,4-5H3/t19-,22+/m0/s1. The number of hydrogen-bond acceptors (Lipinski definition) is 6. The molecule has 30 heavy (non-hydrogen) atoms. The molecule has 2 N–H and O–H groups in total. The molecule has 0 aromatic heterocycles. The Hall–Kier alpha value is -1.59. The van der Waals surface area contributed by atoms with E-state index in [1.807, 2.05) is 26.0 Å². The minimum Gasteiger partial charge on any atom is -0.508 e. The van der Waals surface area contributed by atoms with Gasteiger partial charge in [-0.3, -0.25) is 9.05 Å². The van der Waals surface area contributed by atoms with Gasteiger partial charge in [-0.05, 0) is 76.5 Å². The lowest BCUT2D eigenvalue weighted by atomic mass is 9.72. The van der Waals surface area contributed by atoms with E-state index in [1.165, 1.54) is 0 Å². The number of phosphoric ester groups is 1. The minimum atomic E-state index is -3.79. The lowest BCUT2D eigenvalue weighted by molar-refractivity contribution is 0.134. The van der Waals surface area contributed by atoms with E-state index in [4.69, 9.17) is 13.6 Å². The minimum absolute atomic E-state index is 0.0133. The van der Waals surface area contributed by atoms with Crippen LogP contribution in [0.1, 0.15) is 64.0 Å². The Kier molecular flexibility index (Phi) is 9.17. The molecule has 0 aliphatic heterocycles. The number of aryl methyl sites for hydroxylation is 1. The molecular weight excluding hydrogens is 403 g/mol. The summed E-state index contributed by atoms with van der Waals surface area (Å²) in [6, 6.07) is 5.47. The number of phenols is 1. The highest BCUT2D eigenvalue weighted by atomic mass is 31.2. The summed E-state index contributed by atoms with van der Waals surface area (Å²) in [4.78, 5) is 0. The predicted octanol–water partition coefficient (Wildman–Crippen LogP) is 5.86. The van der Waals surface area contributed by atoms with Crippen LogP contribution in [0.5, 0.6) is 5.75 Å². The molecule has 0 saturated heterocycles. The average Bonchev–Trinajstić information content (AvgIpc) is 2.69. The monoisotopic (exact) mass is 438 g/mol. The molecule has 1 aliphatic rings. The van der Waals surface area contributed by atoms with Gasteiger partial charge in [0, 0.05) is 12.2 Å². The van der Waals surface area contributed by atoms with E-state index in [1.54, 1.807) is 19.9 Å². The van der Waals surface area contributed by atoms with Gasteiger partial charge in [-0.1, -0.05) is 24.3 Å². The van der Waals surface area contributed by atoms with Crippen LogP contribution in [0.3, 0.4) is 0 Å². The highest BCUT2D eigenvalue weighted by Gasteiger charge is 2.40. The van der Waals surface area contributed by atoms with Gasteiger partial charge >= 0.3 is 7.82 Å². The molecule has 0 amide bonds. The summed E-state index contributed by atoms with van der Waals surface area (Å²) in [6.45, 7) is 12.0. The Labute approximate surface area is 180 Å². The van der Waals surface area contributed by atoms with Gasteiger partial charge in [-0.2, -0.15) is 0 Å². The second-order valence-electron chi connectivity index (χ2n) is 7.71. The van der Waals surface area contributed by atoms with Crippen molar-refractivity contribution in [1.29, 1.82) is 0 Å². The molecule has 0 saturated carbocycles. The zero-order chi connectivity index (χ0) is 22.3. The number of benzene rings is 1. The van der Waals surface area contributed by atoms with E-state index in [9.17, 15) is 14.8 Å². The van der Waals surface area contributed by atoms with E-state index >= 15 is 0 Å². The summed E-state index contributed by atoms with van der Waals surface area (Å²) >= 11 is 0. The molecule has 0 bridgehead atoms. The molecule has 1 aromatic carbocycles. The van der Waals surface area contributed by atoms with Gasteiger partial charge in [0.2, 0.25) is 0 Å². The van der Waals surface area contributed by atoms with Crippen molar-refractivity contribution in [1.82, 2.24) is 0 Å². The summed E-state index contributed by atoms with van der Waals surface area (Å²) in [7, 11) is -3.79. The number of aliphatic hydroxyl groups is 1. The summed E-state index contributed by atoms with van der Waals surface area (Å²) in [6.07, 6.45) is 2.96. The fourth-order valence-electron chi connectivity index (χ4n) is 3.95. The van der Waals surface area contributed by atoms with Crippen LogP contribution in [0.25, 0.3) is 0 Å². The first-order valence-corrected chi connectivity index (χ1v) is 12.1. The van der Waals surface area contributed by atoms with Gasteiger partial charge in [0.05, 0.1) is 19.1 Å². The predicted molar refractivity (Wildman–Crippen MR) is 118 cm³/mol. The van der Waals surface area contributed by atoms with Gasteiger partial charge in [-0.25, -0.2) is 4.57 Å². The highest BCUT2D eigenvalue weighted by Crippen LogP contribution is 2.57. The van der Waals surface area contributed by atoms with Crippen LogP contribution in [-0.4, -0.2) is 30.0 Å². The smallest absolute Gasteiger partial charge is 0.508 e. The highest BCUT2D eigenvalue weighted by molar-refractivity contribution is 7.48. The van der Waals surface area contributed by atoms with Crippen LogP contribution < -0.4 is 0 Å². The molecule has 0 spiro atoms. The SMILES string of the molecule is C=C(C)[C@@H]1CCC(C)=C(OP(=O)(OCC)OCC)[C@H]1c1cc(CCCO)ccc1O. The molecular formula is C23H35O6P. The van der Waals surface area contributed by atoms with E-state index in [0.29, 0.717) is 24.2 Å². The van der Waals surface area contributed by atoms with Crippen molar-refractivity contribution < 1.29 is 28.3 Å². The van der Waals surface area contributed by atoms with E-state index in [2.05, 4.69) is 6.58 Å². The zero-order valence-electron chi connectivity index (χ0n) is 18.5. The van der Waals surface area contributed by atoms with Crippen LogP contribution in [0, 0.1) is 5.92 Å². The molecule has 7 heteroatoms. The molecule has 0 fully saturated rings. The number of aliphatic hydroxyl groups excluding tert-OH is 1. The third-order valence-corrected chi connectivity index (χ3v) is 6.97. The van der Waals surface area contributed by atoms with Crippen molar-refractivity contribution in [3.8, 4) is 5.75 Å². The molecule has 0 radical (unpaired) electrons. The number of aromatic hydroxyl groups is 1. The zero-order valence-corrected chi connectivity index (χ0v) is 19.4. The van der Waals surface area contributed by atoms with Crippen LogP contribution in [-0.2, 0) is 24.6 Å². The van der Waals surface area contributed by atoms with E-state index in [-0.39, 0.29) is 37.4 Å². The maximum Gasteiger partial charge on any atom is 0.529 e. The van der Waals surface area contributed by atoms with Gasteiger partial charge < -0.3 is 14.7 Å². The Balaban J connectivity index is 2.56. The molecule has 168 valence electrons. The van der Waals surface area contributed by atoms with E-state index in [0.717, 1.165) is 29.6 Å². The van der Waals surface area contributed by atoms with Gasteiger partial charge in [0.25, 0.3) is 0 Å². The van der Waals surface area contributed by atoms with Crippen molar-refractivity contribution in [2.45, 2.75) is 59.3 Å². The average molecular weight is 439 g/mol. The van der Waals surface area contributed by atoms with Crippen molar-refractivity contribution in [2.24, 2.45) is 5.92 Å². The number of phenolic OH excluding ortho intramolecular Hbond substituents is 1. The molecule has 0 heterocycles.